The van der Waals surface area contributed by atoms with Gasteiger partial charge in [-0.1, -0.05) is 101 Å². The lowest BCUT2D eigenvalue weighted by Gasteiger charge is -2.71. The van der Waals surface area contributed by atoms with Crippen molar-refractivity contribution in [3.8, 4) is 0 Å². The zero-order valence-corrected chi connectivity index (χ0v) is 20.2. The summed E-state index contributed by atoms with van der Waals surface area (Å²) in [6, 6.07) is 0. The summed E-state index contributed by atoms with van der Waals surface area (Å²) in [5.74, 6) is 3.58. The molecule has 1 aliphatic rings. The van der Waals surface area contributed by atoms with Crippen LogP contribution in [0.15, 0.2) is 0 Å². The molecule has 0 aliphatic heterocycles. The first-order valence-corrected chi connectivity index (χ1v) is 12.0. The van der Waals surface area contributed by atoms with Crippen molar-refractivity contribution in [2.75, 3.05) is 0 Å². The van der Waals surface area contributed by atoms with E-state index < -0.39 is 0 Å². The molecule has 1 rings (SSSR count). The second-order valence-electron chi connectivity index (χ2n) is 11.5. The Morgan fingerprint density at radius 2 is 1.54 bits per heavy atom. The fraction of sp³-hybridized carbons (Fsp3) is 1.00. The molecule has 0 heterocycles. The molecule has 0 bridgehead atoms. The van der Waals surface area contributed by atoms with Gasteiger partial charge in [0.05, 0.1) is 0 Å². The molecule has 0 aromatic heterocycles. The van der Waals surface area contributed by atoms with E-state index >= 15 is 0 Å². The molecule has 0 amide bonds. The summed E-state index contributed by atoms with van der Waals surface area (Å²) < 4.78 is 0. The first kappa shape index (κ1) is 24.0. The molecule has 0 spiro atoms. The van der Waals surface area contributed by atoms with Crippen LogP contribution in [0.1, 0.15) is 127 Å². The van der Waals surface area contributed by atoms with Crippen molar-refractivity contribution >= 4 is 0 Å². The van der Waals surface area contributed by atoms with Gasteiger partial charge in [0.2, 0.25) is 0 Å². The first-order valence-electron chi connectivity index (χ1n) is 12.0. The molecule has 156 valence electrons. The zero-order chi connectivity index (χ0) is 20.2. The van der Waals surface area contributed by atoms with Crippen LogP contribution in [0, 0.1) is 39.9 Å². The van der Waals surface area contributed by atoms with Crippen molar-refractivity contribution in [1.29, 1.82) is 0 Å². The van der Waals surface area contributed by atoms with Gasteiger partial charge in [-0.05, 0) is 65.6 Å². The molecule has 26 heavy (non-hydrogen) atoms. The van der Waals surface area contributed by atoms with E-state index in [1.54, 1.807) is 0 Å². The van der Waals surface area contributed by atoms with Gasteiger partial charge in [-0.25, -0.2) is 0 Å². The summed E-state index contributed by atoms with van der Waals surface area (Å²) >= 11 is 0. The van der Waals surface area contributed by atoms with Gasteiger partial charge >= 0.3 is 0 Å². The highest BCUT2D eigenvalue weighted by Crippen LogP contribution is 2.73. The molecule has 0 aromatic rings. The Balaban J connectivity index is 3.13. The van der Waals surface area contributed by atoms with Crippen molar-refractivity contribution in [2.45, 2.75) is 127 Å². The van der Waals surface area contributed by atoms with Crippen molar-refractivity contribution in [1.82, 2.24) is 0 Å². The molecule has 0 aromatic carbocycles. The normalized spacial score (nSPS) is 33.3. The van der Waals surface area contributed by atoms with E-state index in [0.29, 0.717) is 16.2 Å². The SMILES string of the molecule is CCCC(C)(C)CC1(C)C(C(C)CC)C(CCCC(C)C)C1(C)CCC. The van der Waals surface area contributed by atoms with Crippen molar-refractivity contribution in [3.05, 3.63) is 0 Å². The molecular formula is C26H52. The minimum atomic E-state index is 0.479. The molecule has 0 radical (unpaired) electrons. The largest absolute Gasteiger partial charge is 0.0654 e. The van der Waals surface area contributed by atoms with Crippen molar-refractivity contribution < 1.29 is 0 Å². The molecule has 5 unspecified atom stereocenters. The second kappa shape index (κ2) is 9.47. The highest BCUT2D eigenvalue weighted by molar-refractivity contribution is 5.14. The van der Waals surface area contributed by atoms with E-state index in [4.69, 9.17) is 0 Å². The zero-order valence-electron chi connectivity index (χ0n) is 20.2. The average molecular weight is 365 g/mol. The van der Waals surface area contributed by atoms with Gasteiger partial charge < -0.3 is 0 Å². The number of hydrogen-bond acceptors (Lipinski definition) is 0. The van der Waals surface area contributed by atoms with E-state index in [9.17, 15) is 0 Å². The van der Waals surface area contributed by atoms with Gasteiger partial charge in [0.1, 0.15) is 0 Å². The molecule has 0 nitrogen and oxygen atoms in total. The van der Waals surface area contributed by atoms with Crippen LogP contribution in [0.3, 0.4) is 0 Å². The maximum atomic E-state index is 2.69. The van der Waals surface area contributed by atoms with E-state index in [2.05, 4.69) is 69.2 Å². The number of hydrogen-bond donors (Lipinski definition) is 0. The molecule has 0 N–H and O–H groups in total. The van der Waals surface area contributed by atoms with Gasteiger partial charge in [-0.3, -0.25) is 0 Å². The monoisotopic (exact) mass is 364 g/mol. The topological polar surface area (TPSA) is 0 Å². The molecule has 1 saturated carbocycles. The van der Waals surface area contributed by atoms with E-state index in [1.807, 2.05) is 0 Å². The highest BCUT2D eigenvalue weighted by Gasteiger charge is 2.66. The van der Waals surface area contributed by atoms with Crippen LogP contribution in [0.2, 0.25) is 0 Å². The third-order valence-corrected chi connectivity index (χ3v) is 8.39. The Morgan fingerprint density at radius 1 is 0.923 bits per heavy atom. The fourth-order valence-electron chi connectivity index (χ4n) is 7.14. The fourth-order valence-corrected chi connectivity index (χ4v) is 7.14. The smallest absolute Gasteiger partial charge is 0.0230 e. The number of rotatable bonds is 12. The maximum Gasteiger partial charge on any atom is -0.0230 e. The van der Waals surface area contributed by atoms with Gasteiger partial charge in [0.25, 0.3) is 0 Å². The highest BCUT2D eigenvalue weighted by atomic mass is 14.7. The Morgan fingerprint density at radius 3 is 2.00 bits per heavy atom. The van der Waals surface area contributed by atoms with Crippen LogP contribution in [0.5, 0.6) is 0 Å². The molecule has 0 saturated heterocycles. The maximum absolute atomic E-state index is 2.69. The second-order valence-corrected chi connectivity index (χ2v) is 11.5. The summed E-state index contributed by atoms with van der Waals surface area (Å²) in [5.41, 5.74) is 1.53. The van der Waals surface area contributed by atoms with Crippen LogP contribution >= 0.6 is 0 Å². The van der Waals surface area contributed by atoms with Crippen LogP contribution in [0.4, 0.5) is 0 Å². The van der Waals surface area contributed by atoms with Gasteiger partial charge in [-0.2, -0.15) is 0 Å². The first-order chi connectivity index (χ1) is 12.0. The van der Waals surface area contributed by atoms with Gasteiger partial charge in [0, 0.05) is 0 Å². The minimum absolute atomic E-state index is 0.479. The summed E-state index contributed by atoms with van der Waals surface area (Å²) in [5, 5.41) is 0. The lowest BCUT2D eigenvalue weighted by Crippen LogP contribution is -2.65. The molecular weight excluding hydrogens is 312 g/mol. The lowest BCUT2D eigenvalue weighted by atomic mass is 9.33. The van der Waals surface area contributed by atoms with Crippen molar-refractivity contribution in [3.63, 3.8) is 0 Å². The average Bonchev–Trinajstić information content (AvgIpc) is 2.52. The van der Waals surface area contributed by atoms with Crippen molar-refractivity contribution in [2.24, 2.45) is 39.9 Å². The summed E-state index contributed by atoms with van der Waals surface area (Å²) in [7, 11) is 0. The van der Waals surface area contributed by atoms with Crippen LogP contribution in [-0.4, -0.2) is 0 Å². The summed E-state index contributed by atoms with van der Waals surface area (Å²) in [6.07, 6.45) is 12.5. The molecule has 0 heteroatoms. The van der Waals surface area contributed by atoms with Gasteiger partial charge in [0.15, 0.2) is 0 Å². The predicted molar refractivity (Wildman–Crippen MR) is 120 cm³/mol. The van der Waals surface area contributed by atoms with Crippen LogP contribution < -0.4 is 0 Å². The summed E-state index contributed by atoms with van der Waals surface area (Å²) in [6.45, 7) is 24.9. The van der Waals surface area contributed by atoms with Crippen LogP contribution in [0.25, 0.3) is 0 Å². The molecule has 1 aliphatic carbocycles. The minimum Gasteiger partial charge on any atom is -0.0654 e. The van der Waals surface area contributed by atoms with E-state index in [-0.39, 0.29) is 0 Å². The Kier molecular flexibility index (Phi) is 8.75. The predicted octanol–water partition coefficient (Wildman–Crippen LogP) is 9.13. The molecule has 1 fully saturated rings. The Hall–Kier alpha value is 0. The van der Waals surface area contributed by atoms with E-state index in [1.165, 1.54) is 57.8 Å². The van der Waals surface area contributed by atoms with E-state index in [0.717, 1.165) is 23.7 Å². The standard InChI is InChI=1S/C26H52/c1-11-17-24(7,8)19-26(10)23(21(6)13-3)22(16-14-15-20(4)5)25(26,9)18-12-2/h20-23H,11-19H2,1-10H3. The third kappa shape index (κ3) is 4.88. The summed E-state index contributed by atoms with van der Waals surface area (Å²) in [4.78, 5) is 0. The Labute approximate surface area is 167 Å². The van der Waals surface area contributed by atoms with Gasteiger partial charge in [-0.15, -0.1) is 0 Å². The quantitative estimate of drug-likeness (QED) is 0.324. The third-order valence-electron chi connectivity index (χ3n) is 8.39. The molecule has 5 atom stereocenters. The van der Waals surface area contributed by atoms with Crippen LogP contribution in [-0.2, 0) is 0 Å². The lowest BCUT2D eigenvalue weighted by molar-refractivity contribution is -0.233. The Bertz CT molecular complexity index is 406.